The van der Waals surface area contributed by atoms with Crippen LogP contribution in [0.2, 0.25) is 0 Å². The van der Waals surface area contributed by atoms with Crippen LogP contribution in [0.4, 0.5) is 0 Å². The van der Waals surface area contributed by atoms with Gasteiger partial charge in [0.25, 0.3) is 5.91 Å². The lowest BCUT2D eigenvalue weighted by molar-refractivity contribution is -0.133. The van der Waals surface area contributed by atoms with Crippen molar-refractivity contribution in [2.75, 3.05) is 26.8 Å². The molecule has 2 heterocycles. The van der Waals surface area contributed by atoms with Crippen LogP contribution in [0.3, 0.4) is 0 Å². The average Bonchev–Trinajstić information content (AvgIpc) is 2.87. The monoisotopic (exact) mass is 471 g/mol. The van der Waals surface area contributed by atoms with Crippen LogP contribution in [0.1, 0.15) is 40.5 Å². The van der Waals surface area contributed by atoms with Gasteiger partial charge in [-0.1, -0.05) is 37.3 Å². The summed E-state index contributed by atoms with van der Waals surface area (Å²) in [6, 6.07) is 15.7. The van der Waals surface area contributed by atoms with Gasteiger partial charge in [0.15, 0.2) is 6.10 Å². The van der Waals surface area contributed by atoms with E-state index in [2.05, 4.69) is 13.0 Å². The topological polar surface area (TPSA) is 94.8 Å². The molecule has 7 heteroatoms. The molecule has 7 nitrogen and oxygen atoms in total. The Morgan fingerprint density at radius 2 is 1.91 bits per heavy atom. The summed E-state index contributed by atoms with van der Waals surface area (Å²) in [6.45, 7) is 3.05. The summed E-state index contributed by atoms with van der Waals surface area (Å²) in [4.78, 5) is 32.4. The molecule has 180 valence electrons. The number of carbonyl (C=O) groups is 2. The molecule has 2 amide bonds. The van der Waals surface area contributed by atoms with Crippen molar-refractivity contribution in [3.05, 3.63) is 70.9 Å². The molecule has 35 heavy (non-hydrogen) atoms. The number of pyridine rings is 1. The predicted molar refractivity (Wildman–Crippen MR) is 135 cm³/mol. The number of para-hydroxylation sites is 1. The Balaban J connectivity index is 1.64. The highest BCUT2D eigenvalue weighted by Crippen LogP contribution is 2.39. The summed E-state index contributed by atoms with van der Waals surface area (Å²) < 4.78 is 10.8. The van der Waals surface area contributed by atoms with Crippen molar-refractivity contribution in [3.8, 4) is 5.75 Å². The number of primary amides is 1. The van der Waals surface area contributed by atoms with Gasteiger partial charge in [0, 0.05) is 11.9 Å². The van der Waals surface area contributed by atoms with Crippen LogP contribution in [0.5, 0.6) is 5.75 Å². The first-order chi connectivity index (χ1) is 16.9. The van der Waals surface area contributed by atoms with Gasteiger partial charge in [-0.05, 0) is 59.7 Å². The van der Waals surface area contributed by atoms with Crippen molar-refractivity contribution in [3.63, 3.8) is 0 Å². The number of nitrogens with zero attached hydrogens (tertiary/aromatic N) is 2. The molecule has 0 saturated carbocycles. The van der Waals surface area contributed by atoms with Gasteiger partial charge in [0.05, 0.1) is 37.0 Å². The van der Waals surface area contributed by atoms with E-state index in [1.807, 2.05) is 48.5 Å². The third-order valence-corrected chi connectivity index (χ3v) is 6.76. The Morgan fingerprint density at radius 1 is 1.14 bits per heavy atom. The number of hydrogen-bond acceptors (Lipinski definition) is 5. The van der Waals surface area contributed by atoms with E-state index >= 15 is 0 Å². The van der Waals surface area contributed by atoms with Crippen LogP contribution in [-0.4, -0.2) is 54.6 Å². The zero-order valence-corrected chi connectivity index (χ0v) is 20.0. The number of amides is 2. The standard InChI is InChI=1S/C28H29N3O4/c1-17-13-19(15-18-7-9-20(34-2)10-8-18)26-22(14-17)25(21-5-3-4-6-23(21)30-26)28(33)31-11-12-35-24(16-31)27(29)32/h3-10,15,17,24H,11-14,16H2,1-2H3,(H2,29,32)/b19-15+. The van der Waals surface area contributed by atoms with Gasteiger partial charge in [-0.25, -0.2) is 4.98 Å². The Hall–Kier alpha value is -3.71. The zero-order chi connectivity index (χ0) is 24.5. The Kier molecular flexibility index (Phi) is 6.26. The predicted octanol–water partition coefficient (Wildman–Crippen LogP) is 3.69. The van der Waals surface area contributed by atoms with E-state index in [0.717, 1.165) is 51.9 Å². The summed E-state index contributed by atoms with van der Waals surface area (Å²) in [7, 11) is 1.65. The lowest BCUT2D eigenvalue weighted by Gasteiger charge is -2.33. The van der Waals surface area contributed by atoms with Crippen LogP contribution >= 0.6 is 0 Å². The van der Waals surface area contributed by atoms with E-state index in [1.54, 1.807) is 12.0 Å². The second kappa shape index (κ2) is 9.50. The van der Waals surface area contributed by atoms with Crippen LogP contribution in [-0.2, 0) is 16.0 Å². The number of rotatable bonds is 4. The third-order valence-electron chi connectivity index (χ3n) is 6.76. The minimum Gasteiger partial charge on any atom is -0.497 e. The maximum atomic E-state index is 14.0. The largest absolute Gasteiger partial charge is 0.497 e. The van der Waals surface area contributed by atoms with E-state index in [1.165, 1.54) is 0 Å². The lowest BCUT2D eigenvalue weighted by atomic mass is 9.80. The second-order valence-electron chi connectivity index (χ2n) is 9.30. The number of morpholine rings is 1. The molecule has 1 saturated heterocycles. The number of hydrogen-bond donors (Lipinski definition) is 1. The number of fused-ring (bicyclic) bond motifs is 2. The van der Waals surface area contributed by atoms with Gasteiger partial charge >= 0.3 is 0 Å². The minimum atomic E-state index is -0.791. The molecule has 5 rings (SSSR count). The highest BCUT2D eigenvalue weighted by molar-refractivity contribution is 6.09. The normalized spacial score (nSPS) is 21.1. The molecule has 0 radical (unpaired) electrons. The van der Waals surface area contributed by atoms with Gasteiger partial charge in [-0.2, -0.15) is 0 Å². The summed E-state index contributed by atoms with van der Waals surface area (Å²) in [5.41, 5.74) is 10.9. The summed E-state index contributed by atoms with van der Waals surface area (Å²) in [5, 5.41) is 0.830. The molecular formula is C28H29N3O4. The third kappa shape index (κ3) is 4.51. The van der Waals surface area contributed by atoms with Crippen molar-refractivity contribution in [2.45, 2.75) is 25.9 Å². The fourth-order valence-electron chi connectivity index (χ4n) is 5.05. The van der Waals surface area contributed by atoms with Crippen LogP contribution in [0, 0.1) is 5.92 Å². The summed E-state index contributed by atoms with van der Waals surface area (Å²) in [5.74, 6) is 0.501. The average molecular weight is 472 g/mol. The quantitative estimate of drug-likeness (QED) is 0.626. The minimum absolute atomic E-state index is 0.104. The van der Waals surface area contributed by atoms with Crippen molar-refractivity contribution < 1.29 is 19.1 Å². The molecule has 1 aromatic heterocycles. The number of benzene rings is 2. The fraction of sp³-hybridized carbons (Fsp3) is 0.321. The molecule has 2 atom stereocenters. The maximum Gasteiger partial charge on any atom is 0.255 e. The summed E-state index contributed by atoms with van der Waals surface area (Å²) in [6.07, 6.45) is 3.00. The van der Waals surface area contributed by atoms with Gasteiger partial charge < -0.3 is 20.1 Å². The molecule has 1 aliphatic carbocycles. The lowest BCUT2D eigenvalue weighted by Crippen LogP contribution is -2.50. The van der Waals surface area contributed by atoms with Crippen molar-refractivity contribution in [2.24, 2.45) is 11.7 Å². The summed E-state index contributed by atoms with van der Waals surface area (Å²) >= 11 is 0. The molecule has 2 aromatic carbocycles. The highest BCUT2D eigenvalue weighted by atomic mass is 16.5. The molecular weight excluding hydrogens is 442 g/mol. The smallest absolute Gasteiger partial charge is 0.255 e. The Labute approximate surface area is 204 Å². The Bertz CT molecular complexity index is 1320. The van der Waals surface area contributed by atoms with E-state index in [9.17, 15) is 9.59 Å². The van der Waals surface area contributed by atoms with Gasteiger partial charge in [-0.15, -0.1) is 0 Å². The van der Waals surface area contributed by atoms with Gasteiger partial charge in [-0.3, -0.25) is 9.59 Å². The molecule has 2 unspecified atom stereocenters. The first kappa shape index (κ1) is 23.1. The van der Waals surface area contributed by atoms with Crippen molar-refractivity contribution >= 4 is 34.4 Å². The molecule has 0 bridgehead atoms. The zero-order valence-electron chi connectivity index (χ0n) is 20.0. The van der Waals surface area contributed by atoms with Crippen LogP contribution in [0.25, 0.3) is 22.6 Å². The molecule has 1 aliphatic heterocycles. The number of carbonyl (C=O) groups excluding carboxylic acids is 2. The van der Waals surface area contributed by atoms with Crippen molar-refractivity contribution in [1.82, 2.24) is 9.88 Å². The van der Waals surface area contributed by atoms with Crippen molar-refractivity contribution in [1.29, 1.82) is 0 Å². The maximum absolute atomic E-state index is 14.0. The molecule has 2 aliphatic rings. The number of ether oxygens (including phenoxy) is 2. The number of aromatic nitrogens is 1. The van der Waals surface area contributed by atoms with Gasteiger partial charge in [0.1, 0.15) is 5.75 Å². The first-order valence-electron chi connectivity index (χ1n) is 11.9. The Morgan fingerprint density at radius 3 is 2.66 bits per heavy atom. The molecule has 3 aromatic rings. The SMILES string of the molecule is COc1ccc(/C=C2\CC(C)Cc3c2nc2ccccc2c3C(=O)N2CCOC(C(N)=O)C2)cc1. The fourth-order valence-corrected chi connectivity index (χ4v) is 5.05. The molecule has 1 fully saturated rings. The van der Waals surface area contributed by atoms with E-state index in [4.69, 9.17) is 20.2 Å². The first-order valence-corrected chi connectivity index (χ1v) is 11.9. The van der Waals surface area contributed by atoms with Crippen LogP contribution in [0.15, 0.2) is 48.5 Å². The van der Waals surface area contributed by atoms with Gasteiger partial charge in [0.2, 0.25) is 5.91 Å². The van der Waals surface area contributed by atoms with E-state index in [-0.39, 0.29) is 19.1 Å². The molecule has 0 spiro atoms. The van der Waals surface area contributed by atoms with E-state index in [0.29, 0.717) is 18.0 Å². The van der Waals surface area contributed by atoms with Crippen LogP contribution < -0.4 is 10.5 Å². The molecule has 2 N–H and O–H groups in total. The van der Waals surface area contributed by atoms with E-state index < -0.39 is 12.0 Å². The number of allylic oxidation sites excluding steroid dienone is 1. The number of nitrogens with two attached hydrogens (primary N) is 1. The second-order valence-corrected chi connectivity index (χ2v) is 9.30. The highest BCUT2D eigenvalue weighted by Gasteiger charge is 2.33. The number of methoxy groups -OCH3 is 1.